The van der Waals surface area contributed by atoms with E-state index in [1.165, 1.54) is 13.5 Å². The standard InChI is InChI=1S/C15H27NO4/c1-12(2)5-4-6-13-11-16(9-10-20-13)14(17)7-8-15(18)19-3/h12-13H,4-11H2,1-3H3. The molecule has 0 aliphatic carbocycles. The van der Waals surface area contributed by atoms with Gasteiger partial charge in [-0.05, 0) is 12.3 Å². The van der Waals surface area contributed by atoms with Crippen LogP contribution in [0.3, 0.4) is 0 Å². The van der Waals surface area contributed by atoms with Crippen LogP contribution in [0.25, 0.3) is 0 Å². The largest absolute Gasteiger partial charge is 0.469 e. The highest BCUT2D eigenvalue weighted by molar-refractivity contribution is 5.81. The van der Waals surface area contributed by atoms with E-state index in [2.05, 4.69) is 18.6 Å². The van der Waals surface area contributed by atoms with Gasteiger partial charge in [0, 0.05) is 19.5 Å². The fourth-order valence-corrected chi connectivity index (χ4v) is 2.34. The molecule has 5 nitrogen and oxygen atoms in total. The van der Waals surface area contributed by atoms with E-state index in [0.717, 1.165) is 12.8 Å². The summed E-state index contributed by atoms with van der Waals surface area (Å²) in [6.45, 7) is 6.30. The molecule has 1 fully saturated rings. The summed E-state index contributed by atoms with van der Waals surface area (Å²) in [6.07, 6.45) is 3.85. The van der Waals surface area contributed by atoms with Gasteiger partial charge in [0.1, 0.15) is 0 Å². The van der Waals surface area contributed by atoms with Gasteiger partial charge in [-0.15, -0.1) is 0 Å². The molecule has 0 bridgehead atoms. The van der Waals surface area contributed by atoms with Gasteiger partial charge in [0.25, 0.3) is 0 Å². The molecule has 0 saturated carbocycles. The first-order valence-corrected chi connectivity index (χ1v) is 7.49. The molecule has 116 valence electrons. The highest BCUT2D eigenvalue weighted by Gasteiger charge is 2.24. The minimum Gasteiger partial charge on any atom is -0.469 e. The monoisotopic (exact) mass is 285 g/mol. The van der Waals surface area contributed by atoms with Crippen molar-refractivity contribution in [3.05, 3.63) is 0 Å². The average molecular weight is 285 g/mol. The Labute approximate surface area is 121 Å². The maximum Gasteiger partial charge on any atom is 0.306 e. The number of carbonyl (C=O) groups excluding carboxylic acids is 2. The summed E-state index contributed by atoms with van der Waals surface area (Å²) in [5.41, 5.74) is 0. The van der Waals surface area contributed by atoms with Crippen LogP contribution in [0.5, 0.6) is 0 Å². The van der Waals surface area contributed by atoms with Gasteiger partial charge < -0.3 is 14.4 Å². The molecule has 1 rings (SSSR count). The smallest absolute Gasteiger partial charge is 0.306 e. The molecule has 1 unspecified atom stereocenters. The first kappa shape index (κ1) is 17.0. The van der Waals surface area contributed by atoms with Crippen molar-refractivity contribution in [2.45, 2.75) is 52.1 Å². The highest BCUT2D eigenvalue weighted by atomic mass is 16.5. The molecule has 5 heteroatoms. The van der Waals surface area contributed by atoms with E-state index < -0.39 is 0 Å². The number of amides is 1. The molecule has 1 aliphatic rings. The lowest BCUT2D eigenvalue weighted by Crippen LogP contribution is -2.45. The Kier molecular flexibility index (Phi) is 7.59. The lowest BCUT2D eigenvalue weighted by Gasteiger charge is -2.33. The van der Waals surface area contributed by atoms with Crippen LogP contribution in [0, 0.1) is 5.92 Å². The van der Waals surface area contributed by atoms with Crippen LogP contribution in [-0.2, 0) is 19.1 Å². The van der Waals surface area contributed by atoms with E-state index in [9.17, 15) is 9.59 Å². The minimum absolute atomic E-state index is 0.0209. The number of carbonyl (C=O) groups is 2. The summed E-state index contributed by atoms with van der Waals surface area (Å²) in [7, 11) is 1.34. The molecule has 0 aromatic rings. The number of esters is 1. The Morgan fingerprint density at radius 2 is 2.10 bits per heavy atom. The van der Waals surface area contributed by atoms with Gasteiger partial charge in [-0.2, -0.15) is 0 Å². The SMILES string of the molecule is COC(=O)CCC(=O)N1CCOC(CCCC(C)C)C1. The molecule has 20 heavy (non-hydrogen) atoms. The third-order valence-corrected chi connectivity index (χ3v) is 3.57. The second-order valence-electron chi connectivity index (χ2n) is 5.73. The first-order valence-electron chi connectivity index (χ1n) is 7.49. The van der Waals surface area contributed by atoms with Gasteiger partial charge in [0.15, 0.2) is 0 Å². The van der Waals surface area contributed by atoms with Crippen molar-refractivity contribution >= 4 is 11.9 Å². The van der Waals surface area contributed by atoms with Crippen molar-refractivity contribution in [2.75, 3.05) is 26.8 Å². The number of ether oxygens (including phenoxy) is 2. The Bertz CT molecular complexity index is 317. The molecule has 0 spiro atoms. The van der Waals surface area contributed by atoms with E-state index in [4.69, 9.17) is 4.74 Å². The summed E-state index contributed by atoms with van der Waals surface area (Å²) in [5.74, 6) is 0.393. The second kappa shape index (κ2) is 8.95. The van der Waals surface area contributed by atoms with Gasteiger partial charge in [0.2, 0.25) is 5.91 Å². The summed E-state index contributed by atoms with van der Waals surface area (Å²) >= 11 is 0. The molecule has 1 heterocycles. The van der Waals surface area contributed by atoms with Crippen LogP contribution >= 0.6 is 0 Å². The maximum atomic E-state index is 12.0. The van der Waals surface area contributed by atoms with Crippen LogP contribution in [0.2, 0.25) is 0 Å². The summed E-state index contributed by atoms with van der Waals surface area (Å²) in [5, 5.41) is 0. The van der Waals surface area contributed by atoms with Gasteiger partial charge in [-0.25, -0.2) is 0 Å². The average Bonchev–Trinajstić information content (AvgIpc) is 2.44. The van der Waals surface area contributed by atoms with E-state index in [0.29, 0.717) is 25.6 Å². The van der Waals surface area contributed by atoms with E-state index in [1.807, 2.05) is 4.90 Å². The number of nitrogens with zero attached hydrogens (tertiary/aromatic N) is 1. The Morgan fingerprint density at radius 3 is 2.75 bits per heavy atom. The molecule has 0 aromatic carbocycles. The third-order valence-electron chi connectivity index (χ3n) is 3.57. The van der Waals surface area contributed by atoms with Crippen LogP contribution in [0.4, 0.5) is 0 Å². The molecule has 1 amide bonds. The zero-order valence-electron chi connectivity index (χ0n) is 12.9. The van der Waals surface area contributed by atoms with Crippen LogP contribution < -0.4 is 0 Å². The predicted octanol–water partition coefficient (Wildman–Crippen LogP) is 1.99. The fraction of sp³-hybridized carbons (Fsp3) is 0.867. The van der Waals surface area contributed by atoms with Crippen molar-refractivity contribution < 1.29 is 19.1 Å². The predicted molar refractivity (Wildman–Crippen MR) is 76.3 cm³/mol. The van der Waals surface area contributed by atoms with Gasteiger partial charge in [-0.1, -0.05) is 26.7 Å². The molecular formula is C15H27NO4. The van der Waals surface area contributed by atoms with Crippen molar-refractivity contribution in [1.82, 2.24) is 4.90 Å². The number of rotatable bonds is 7. The maximum absolute atomic E-state index is 12.0. The molecular weight excluding hydrogens is 258 g/mol. The van der Waals surface area contributed by atoms with Gasteiger partial charge >= 0.3 is 5.97 Å². The van der Waals surface area contributed by atoms with Crippen molar-refractivity contribution in [1.29, 1.82) is 0 Å². The quantitative estimate of drug-likeness (QED) is 0.671. The lowest BCUT2D eigenvalue weighted by atomic mass is 10.0. The lowest BCUT2D eigenvalue weighted by molar-refractivity contribution is -0.146. The molecule has 0 N–H and O–H groups in total. The molecule has 1 atom stereocenters. The summed E-state index contributed by atoms with van der Waals surface area (Å²) in [6, 6.07) is 0. The topological polar surface area (TPSA) is 55.8 Å². The number of hydrogen-bond donors (Lipinski definition) is 0. The van der Waals surface area contributed by atoms with Crippen LogP contribution in [-0.4, -0.2) is 49.7 Å². The Hall–Kier alpha value is -1.10. The van der Waals surface area contributed by atoms with Gasteiger partial charge in [0.05, 0.1) is 26.2 Å². The molecule has 0 aromatic heterocycles. The van der Waals surface area contributed by atoms with Crippen molar-refractivity contribution in [3.63, 3.8) is 0 Å². The molecule has 1 aliphatic heterocycles. The third kappa shape index (κ3) is 6.37. The molecule has 0 radical (unpaired) electrons. The van der Waals surface area contributed by atoms with Gasteiger partial charge in [-0.3, -0.25) is 9.59 Å². The summed E-state index contributed by atoms with van der Waals surface area (Å²) < 4.78 is 10.3. The highest BCUT2D eigenvalue weighted by Crippen LogP contribution is 2.15. The van der Waals surface area contributed by atoms with E-state index in [1.54, 1.807) is 0 Å². The zero-order chi connectivity index (χ0) is 15.0. The number of hydrogen-bond acceptors (Lipinski definition) is 4. The fourth-order valence-electron chi connectivity index (χ4n) is 2.34. The Morgan fingerprint density at radius 1 is 1.35 bits per heavy atom. The van der Waals surface area contributed by atoms with E-state index in [-0.39, 0.29) is 30.8 Å². The van der Waals surface area contributed by atoms with E-state index >= 15 is 0 Å². The normalized spacial score (nSPS) is 19.2. The number of morpholine rings is 1. The molecule has 1 saturated heterocycles. The number of methoxy groups -OCH3 is 1. The van der Waals surface area contributed by atoms with Crippen LogP contribution in [0.15, 0.2) is 0 Å². The minimum atomic E-state index is -0.333. The Balaban J connectivity index is 2.28. The van der Waals surface area contributed by atoms with Crippen molar-refractivity contribution in [3.8, 4) is 0 Å². The zero-order valence-corrected chi connectivity index (χ0v) is 12.9. The summed E-state index contributed by atoms with van der Waals surface area (Å²) in [4.78, 5) is 24.9. The second-order valence-corrected chi connectivity index (χ2v) is 5.73. The first-order chi connectivity index (χ1) is 9.52. The van der Waals surface area contributed by atoms with Crippen molar-refractivity contribution in [2.24, 2.45) is 5.92 Å². The van der Waals surface area contributed by atoms with Crippen LogP contribution in [0.1, 0.15) is 46.0 Å².